The van der Waals surface area contributed by atoms with Crippen molar-refractivity contribution >= 4 is 17.2 Å². The van der Waals surface area contributed by atoms with Crippen molar-refractivity contribution in [1.29, 1.82) is 0 Å². The van der Waals surface area contributed by atoms with E-state index in [0.717, 1.165) is 6.42 Å². The molecule has 0 aliphatic carbocycles. The Hall–Kier alpha value is -0.870. The van der Waals surface area contributed by atoms with Crippen LogP contribution in [0.15, 0.2) is 10.8 Å². The molecule has 1 atom stereocenters. The van der Waals surface area contributed by atoms with Gasteiger partial charge in [-0.25, -0.2) is 0 Å². The molecule has 1 rings (SSSR count). The third-order valence-corrected chi connectivity index (χ3v) is 3.47. The maximum atomic E-state index is 11.6. The Bertz CT molecular complexity index is 318. The molecule has 1 aromatic rings. The second-order valence-electron chi connectivity index (χ2n) is 3.64. The number of nitrogens with two attached hydrogens (primary N) is 1. The summed E-state index contributed by atoms with van der Waals surface area (Å²) in [5.41, 5.74) is 7.94. The summed E-state index contributed by atoms with van der Waals surface area (Å²) >= 11 is 1.66. The Labute approximate surface area is 94.7 Å². The second-order valence-corrected chi connectivity index (χ2v) is 4.38. The third kappa shape index (κ3) is 3.32. The first-order valence-electron chi connectivity index (χ1n) is 5.18. The zero-order chi connectivity index (χ0) is 11.3. The lowest BCUT2D eigenvalue weighted by molar-refractivity contribution is -0.124. The summed E-state index contributed by atoms with van der Waals surface area (Å²) in [6.45, 7) is 5.07. The maximum absolute atomic E-state index is 11.6. The van der Waals surface area contributed by atoms with E-state index < -0.39 is 0 Å². The van der Waals surface area contributed by atoms with Crippen molar-refractivity contribution in [2.75, 3.05) is 6.54 Å². The molecule has 3 N–H and O–H groups in total. The number of amides is 1. The lowest BCUT2D eigenvalue weighted by Crippen LogP contribution is -2.34. The van der Waals surface area contributed by atoms with Crippen molar-refractivity contribution in [2.24, 2.45) is 11.7 Å². The third-order valence-electron chi connectivity index (χ3n) is 2.56. The van der Waals surface area contributed by atoms with E-state index in [2.05, 4.69) is 23.0 Å². The van der Waals surface area contributed by atoms with Gasteiger partial charge in [-0.3, -0.25) is 4.79 Å². The van der Waals surface area contributed by atoms with Gasteiger partial charge in [0.05, 0.1) is 0 Å². The molecule has 0 fully saturated rings. The van der Waals surface area contributed by atoms with Gasteiger partial charge in [-0.15, -0.1) is 0 Å². The molecule has 0 aromatic carbocycles. The number of thiophene rings is 1. The molecule has 1 heterocycles. The molecule has 0 aliphatic heterocycles. The minimum Gasteiger partial charge on any atom is -0.352 e. The zero-order valence-corrected chi connectivity index (χ0v) is 10.1. The number of aryl methyl sites for hydroxylation is 1. The molecule has 0 saturated heterocycles. The van der Waals surface area contributed by atoms with Gasteiger partial charge < -0.3 is 11.1 Å². The highest BCUT2D eigenvalue weighted by Crippen LogP contribution is 2.13. The minimum absolute atomic E-state index is 0.0519. The summed E-state index contributed by atoms with van der Waals surface area (Å²) < 4.78 is 0. The van der Waals surface area contributed by atoms with E-state index in [1.165, 1.54) is 11.1 Å². The van der Waals surface area contributed by atoms with Crippen LogP contribution in [0.5, 0.6) is 0 Å². The minimum atomic E-state index is -0.0519. The summed E-state index contributed by atoms with van der Waals surface area (Å²) in [5.74, 6) is 0.00884. The van der Waals surface area contributed by atoms with Gasteiger partial charge in [-0.1, -0.05) is 6.92 Å². The summed E-state index contributed by atoms with van der Waals surface area (Å²) in [6.07, 6.45) is 0.797. The number of rotatable bonds is 5. The van der Waals surface area contributed by atoms with Crippen molar-refractivity contribution in [2.45, 2.75) is 26.8 Å². The highest BCUT2D eigenvalue weighted by molar-refractivity contribution is 7.08. The first-order chi connectivity index (χ1) is 7.19. The van der Waals surface area contributed by atoms with E-state index in [1.54, 1.807) is 11.3 Å². The molecule has 0 saturated carbocycles. The van der Waals surface area contributed by atoms with Crippen molar-refractivity contribution in [1.82, 2.24) is 5.32 Å². The normalized spacial score (nSPS) is 12.5. The number of carbonyl (C=O) groups excluding carboxylic acids is 1. The largest absolute Gasteiger partial charge is 0.352 e. The van der Waals surface area contributed by atoms with Crippen LogP contribution in [0.1, 0.15) is 24.5 Å². The van der Waals surface area contributed by atoms with Crippen molar-refractivity contribution in [3.05, 3.63) is 21.9 Å². The monoisotopic (exact) mass is 226 g/mol. The lowest BCUT2D eigenvalue weighted by atomic mass is 10.1. The van der Waals surface area contributed by atoms with Gasteiger partial charge in [-0.05, 0) is 35.2 Å². The van der Waals surface area contributed by atoms with Gasteiger partial charge in [0.2, 0.25) is 5.91 Å². The Morgan fingerprint density at radius 2 is 2.33 bits per heavy atom. The van der Waals surface area contributed by atoms with Crippen molar-refractivity contribution in [3.8, 4) is 0 Å². The van der Waals surface area contributed by atoms with Crippen LogP contribution in [-0.4, -0.2) is 12.5 Å². The molecule has 1 aromatic heterocycles. The summed E-state index contributed by atoms with van der Waals surface area (Å²) in [5, 5.41) is 7.07. The number of nitrogens with one attached hydrogen (secondary N) is 1. The van der Waals surface area contributed by atoms with E-state index in [4.69, 9.17) is 5.73 Å². The zero-order valence-electron chi connectivity index (χ0n) is 9.25. The molecule has 0 bridgehead atoms. The Morgan fingerprint density at radius 1 is 1.60 bits per heavy atom. The summed E-state index contributed by atoms with van der Waals surface area (Å²) in [6, 6.07) is 0. The van der Waals surface area contributed by atoms with E-state index in [1.807, 2.05) is 6.92 Å². The molecule has 4 heteroatoms. The molecular weight excluding hydrogens is 208 g/mol. The van der Waals surface area contributed by atoms with Gasteiger partial charge in [-0.2, -0.15) is 11.3 Å². The van der Waals surface area contributed by atoms with Crippen LogP contribution in [0.25, 0.3) is 0 Å². The number of hydrogen-bond donors (Lipinski definition) is 2. The fourth-order valence-corrected chi connectivity index (χ4v) is 2.21. The highest BCUT2D eigenvalue weighted by atomic mass is 32.1. The van der Waals surface area contributed by atoms with Crippen LogP contribution < -0.4 is 11.1 Å². The van der Waals surface area contributed by atoms with Crippen LogP contribution in [0.3, 0.4) is 0 Å². The van der Waals surface area contributed by atoms with Crippen LogP contribution in [0.2, 0.25) is 0 Å². The molecule has 0 aliphatic rings. The van der Waals surface area contributed by atoms with Crippen LogP contribution >= 0.6 is 11.3 Å². The fourth-order valence-electron chi connectivity index (χ4n) is 1.35. The molecule has 3 nitrogen and oxygen atoms in total. The fraction of sp³-hybridized carbons (Fsp3) is 0.545. The highest BCUT2D eigenvalue weighted by Gasteiger charge is 2.13. The van der Waals surface area contributed by atoms with Gasteiger partial charge in [0.15, 0.2) is 0 Å². The number of carbonyl (C=O) groups is 1. The Balaban J connectivity index is 2.43. The molecular formula is C11H18N2OS. The van der Waals surface area contributed by atoms with Gasteiger partial charge >= 0.3 is 0 Å². The first-order valence-corrected chi connectivity index (χ1v) is 6.12. The summed E-state index contributed by atoms with van der Waals surface area (Å²) in [4.78, 5) is 11.6. The first kappa shape index (κ1) is 12.2. The molecule has 1 unspecified atom stereocenters. The summed E-state index contributed by atoms with van der Waals surface area (Å²) in [7, 11) is 0. The molecule has 0 radical (unpaired) electrons. The second kappa shape index (κ2) is 5.88. The molecule has 0 spiro atoms. The average molecular weight is 226 g/mol. The van der Waals surface area contributed by atoms with Gasteiger partial charge in [0.25, 0.3) is 0 Å². The number of hydrogen-bond acceptors (Lipinski definition) is 3. The Kier molecular flexibility index (Phi) is 4.78. The van der Waals surface area contributed by atoms with Gasteiger partial charge in [0, 0.05) is 19.0 Å². The molecule has 15 heavy (non-hydrogen) atoms. The van der Waals surface area contributed by atoms with Crippen molar-refractivity contribution < 1.29 is 4.79 Å². The molecule has 1 amide bonds. The van der Waals surface area contributed by atoms with E-state index in [9.17, 15) is 4.79 Å². The lowest BCUT2D eigenvalue weighted by Gasteiger charge is -2.12. The predicted molar refractivity (Wildman–Crippen MR) is 63.7 cm³/mol. The van der Waals surface area contributed by atoms with Crippen LogP contribution in [0.4, 0.5) is 0 Å². The van der Waals surface area contributed by atoms with E-state index in [0.29, 0.717) is 13.1 Å². The maximum Gasteiger partial charge on any atom is 0.224 e. The Morgan fingerprint density at radius 3 is 2.80 bits per heavy atom. The smallest absolute Gasteiger partial charge is 0.224 e. The van der Waals surface area contributed by atoms with Gasteiger partial charge in [0.1, 0.15) is 0 Å². The topological polar surface area (TPSA) is 55.1 Å². The average Bonchev–Trinajstić information content (AvgIpc) is 2.63. The van der Waals surface area contributed by atoms with E-state index in [-0.39, 0.29) is 11.8 Å². The SMILES string of the molecule is CCC(CN)C(=O)NCc1cscc1C. The quantitative estimate of drug-likeness (QED) is 0.802. The van der Waals surface area contributed by atoms with Crippen molar-refractivity contribution in [3.63, 3.8) is 0 Å². The molecule has 84 valence electrons. The standard InChI is InChI=1S/C11H18N2OS/c1-3-9(4-12)11(14)13-5-10-7-15-6-8(10)2/h6-7,9H,3-5,12H2,1-2H3,(H,13,14). The van der Waals surface area contributed by atoms with Crippen LogP contribution in [0, 0.1) is 12.8 Å². The van der Waals surface area contributed by atoms with Crippen LogP contribution in [-0.2, 0) is 11.3 Å². The van der Waals surface area contributed by atoms with E-state index >= 15 is 0 Å². The predicted octanol–water partition coefficient (Wildman–Crippen LogP) is 1.66.